The maximum atomic E-state index is 8.88. The van der Waals surface area contributed by atoms with E-state index in [1.54, 1.807) is 24.3 Å². The monoisotopic (exact) mass is 197 g/mol. The lowest BCUT2D eigenvalue weighted by molar-refractivity contribution is 0.268. The van der Waals surface area contributed by atoms with E-state index in [1.165, 1.54) is 0 Å². The van der Waals surface area contributed by atoms with Gasteiger partial charge in [0.05, 0.1) is 12.6 Å². The highest BCUT2D eigenvalue weighted by molar-refractivity contribution is 6.30. The van der Waals surface area contributed by atoms with E-state index in [1.807, 2.05) is 0 Å². The summed E-state index contributed by atoms with van der Waals surface area (Å²) in [6, 6.07) is 6.29. The third-order valence-electron chi connectivity index (χ3n) is 1.62. The van der Waals surface area contributed by atoms with Crippen LogP contribution in [0.15, 0.2) is 29.4 Å². The Hall–Kier alpha value is -1.22. The van der Waals surface area contributed by atoms with E-state index in [2.05, 4.69) is 10.0 Å². The summed E-state index contributed by atoms with van der Waals surface area (Å²) in [5.41, 5.74) is 8.96. The molecular formula is C8H8ClN3O. The van der Waals surface area contributed by atoms with Gasteiger partial charge in [-0.2, -0.15) is 0 Å². The molecule has 0 bridgehead atoms. The predicted molar refractivity (Wildman–Crippen MR) is 50.4 cm³/mol. The molecule has 4 nitrogen and oxygen atoms in total. The molecule has 0 aliphatic carbocycles. The number of nitrogens with zero attached hydrogens (tertiary/aromatic N) is 3. The number of azide groups is 1. The van der Waals surface area contributed by atoms with Gasteiger partial charge in [-0.3, -0.25) is 0 Å². The number of aliphatic hydroxyl groups excluding tert-OH is 1. The molecule has 1 aromatic carbocycles. The molecule has 0 aromatic heterocycles. The van der Waals surface area contributed by atoms with Crippen LogP contribution in [0.25, 0.3) is 10.4 Å². The van der Waals surface area contributed by atoms with Crippen LogP contribution in [0.2, 0.25) is 5.02 Å². The molecule has 0 saturated heterocycles. The van der Waals surface area contributed by atoms with Crippen molar-refractivity contribution in [1.82, 2.24) is 0 Å². The standard InChI is InChI=1S/C8H8ClN3O/c9-7-3-1-6(2-4-7)8(5-13)11-12-10/h1-4,8,13H,5H2/t8-/m0/s1. The van der Waals surface area contributed by atoms with Crippen LogP contribution < -0.4 is 0 Å². The van der Waals surface area contributed by atoms with Gasteiger partial charge in [0.1, 0.15) is 0 Å². The van der Waals surface area contributed by atoms with Crippen LogP contribution >= 0.6 is 11.6 Å². The van der Waals surface area contributed by atoms with Crippen molar-refractivity contribution in [3.05, 3.63) is 45.3 Å². The zero-order valence-electron chi connectivity index (χ0n) is 6.76. The SMILES string of the molecule is [N-]=[N+]=N[C@@H](CO)c1ccc(Cl)cc1. The Labute approximate surface area is 80.4 Å². The van der Waals surface area contributed by atoms with Crippen molar-refractivity contribution < 1.29 is 5.11 Å². The first-order valence-electron chi connectivity index (χ1n) is 3.68. The average molecular weight is 198 g/mol. The molecule has 0 saturated carbocycles. The quantitative estimate of drug-likeness (QED) is 0.452. The van der Waals surface area contributed by atoms with Crippen LogP contribution in [0.4, 0.5) is 0 Å². The first-order chi connectivity index (χ1) is 6.27. The van der Waals surface area contributed by atoms with E-state index in [4.69, 9.17) is 22.2 Å². The lowest BCUT2D eigenvalue weighted by atomic mass is 10.1. The minimum absolute atomic E-state index is 0.203. The van der Waals surface area contributed by atoms with Crippen LogP contribution in [0.1, 0.15) is 11.6 Å². The number of aliphatic hydroxyl groups is 1. The van der Waals surface area contributed by atoms with E-state index >= 15 is 0 Å². The second kappa shape index (κ2) is 4.72. The van der Waals surface area contributed by atoms with Gasteiger partial charge in [0, 0.05) is 9.93 Å². The van der Waals surface area contributed by atoms with Crippen molar-refractivity contribution >= 4 is 11.6 Å². The van der Waals surface area contributed by atoms with Gasteiger partial charge < -0.3 is 5.11 Å². The van der Waals surface area contributed by atoms with Crippen LogP contribution in [0.5, 0.6) is 0 Å². The van der Waals surface area contributed by atoms with Gasteiger partial charge in [-0.15, -0.1) is 0 Å². The van der Waals surface area contributed by atoms with Gasteiger partial charge in [-0.25, -0.2) is 0 Å². The molecule has 1 rings (SSSR count). The summed E-state index contributed by atoms with van der Waals surface area (Å²) in [7, 11) is 0. The minimum atomic E-state index is -0.526. The van der Waals surface area contributed by atoms with Crippen molar-refractivity contribution in [1.29, 1.82) is 0 Å². The lowest BCUT2D eigenvalue weighted by Crippen LogP contribution is -1.99. The first kappa shape index (κ1) is 9.86. The molecule has 0 radical (unpaired) electrons. The smallest absolute Gasteiger partial charge is 0.0856 e. The van der Waals surface area contributed by atoms with Crippen molar-refractivity contribution in [3.8, 4) is 0 Å². The minimum Gasteiger partial charge on any atom is -0.396 e. The van der Waals surface area contributed by atoms with Crippen LogP contribution in [-0.2, 0) is 0 Å². The fraction of sp³-hybridized carbons (Fsp3) is 0.250. The molecule has 0 heterocycles. The van der Waals surface area contributed by atoms with Crippen molar-refractivity contribution in [2.75, 3.05) is 6.61 Å². The zero-order valence-corrected chi connectivity index (χ0v) is 7.52. The third kappa shape index (κ3) is 2.63. The molecule has 1 atom stereocenters. The number of halogens is 1. The van der Waals surface area contributed by atoms with Gasteiger partial charge in [-0.05, 0) is 23.2 Å². The fourth-order valence-electron chi connectivity index (χ4n) is 0.956. The predicted octanol–water partition coefficient (Wildman–Crippen LogP) is 2.68. The molecule has 1 aromatic rings. The number of hydrogen-bond acceptors (Lipinski definition) is 2. The molecule has 0 fully saturated rings. The maximum Gasteiger partial charge on any atom is 0.0856 e. The van der Waals surface area contributed by atoms with E-state index in [9.17, 15) is 0 Å². The molecule has 0 aliphatic rings. The molecular weight excluding hydrogens is 190 g/mol. The fourth-order valence-corrected chi connectivity index (χ4v) is 1.08. The van der Waals surface area contributed by atoms with E-state index in [-0.39, 0.29) is 6.61 Å². The highest BCUT2D eigenvalue weighted by Gasteiger charge is 2.06. The summed E-state index contributed by atoms with van der Waals surface area (Å²) in [6.45, 7) is -0.203. The van der Waals surface area contributed by atoms with Gasteiger partial charge in [-0.1, -0.05) is 28.8 Å². The first-order valence-corrected chi connectivity index (χ1v) is 4.06. The van der Waals surface area contributed by atoms with Gasteiger partial charge in [0.15, 0.2) is 0 Å². The Kier molecular flexibility index (Phi) is 3.58. The summed E-state index contributed by atoms with van der Waals surface area (Å²) in [5, 5.41) is 12.9. The molecule has 5 heteroatoms. The third-order valence-corrected chi connectivity index (χ3v) is 1.87. The second-order valence-electron chi connectivity index (χ2n) is 2.45. The number of benzene rings is 1. The molecule has 68 valence electrons. The normalized spacial score (nSPS) is 11.8. The summed E-state index contributed by atoms with van der Waals surface area (Å²) < 4.78 is 0. The largest absolute Gasteiger partial charge is 0.396 e. The molecule has 13 heavy (non-hydrogen) atoms. The molecule has 0 spiro atoms. The Morgan fingerprint density at radius 1 is 1.46 bits per heavy atom. The average Bonchev–Trinajstić information content (AvgIpc) is 2.16. The van der Waals surface area contributed by atoms with Crippen LogP contribution in [-0.4, -0.2) is 11.7 Å². The Balaban J connectivity index is 2.91. The van der Waals surface area contributed by atoms with Crippen LogP contribution in [0, 0.1) is 0 Å². The van der Waals surface area contributed by atoms with Crippen molar-refractivity contribution in [3.63, 3.8) is 0 Å². The summed E-state index contributed by atoms with van der Waals surface area (Å²) in [5.74, 6) is 0. The Morgan fingerprint density at radius 3 is 2.54 bits per heavy atom. The Morgan fingerprint density at radius 2 is 2.08 bits per heavy atom. The second-order valence-corrected chi connectivity index (χ2v) is 2.89. The highest BCUT2D eigenvalue weighted by Crippen LogP contribution is 2.19. The topological polar surface area (TPSA) is 69.0 Å². The van der Waals surface area contributed by atoms with E-state index in [0.29, 0.717) is 5.02 Å². The molecule has 1 N–H and O–H groups in total. The zero-order chi connectivity index (χ0) is 9.68. The van der Waals surface area contributed by atoms with E-state index < -0.39 is 6.04 Å². The summed E-state index contributed by atoms with van der Waals surface area (Å²) in [4.78, 5) is 2.64. The van der Waals surface area contributed by atoms with Crippen LogP contribution in [0.3, 0.4) is 0 Å². The maximum absolute atomic E-state index is 8.88. The molecule has 0 amide bonds. The molecule has 0 unspecified atom stereocenters. The van der Waals surface area contributed by atoms with E-state index in [0.717, 1.165) is 5.56 Å². The summed E-state index contributed by atoms with van der Waals surface area (Å²) in [6.07, 6.45) is 0. The van der Waals surface area contributed by atoms with Gasteiger partial charge >= 0.3 is 0 Å². The lowest BCUT2D eigenvalue weighted by Gasteiger charge is -2.06. The summed E-state index contributed by atoms with van der Waals surface area (Å²) >= 11 is 5.67. The van der Waals surface area contributed by atoms with Crippen molar-refractivity contribution in [2.45, 2.75) is 6.04 Å². The number of rotatable bonds is 3. The number of hydrogen-bond donors (Lipinski definition) is 1. The van der Waals surface area contributed by atoms with Gasteiger partial charge in [0.25, 0.3) is 0 Å². The molecule has 0 aliphatic heterocycles. The van der Waals surface area contributed by atoms with Gasteiger partial charge in [0.2, 0.25) is 0 Å². The Bertz CT molecular complexity index is 319. The highest BCUT2D eigenvalue weighted by atomic mass is 35.5. The van der Waals surface area contributed by atoms with Crippen molar-refractivity contribution in [2.24, 2.45) is 5.11 Å².